The third-order valence-electron chi connectivity index (χ3n) is 3.83. The van der Waals surface area contributed by atoms with Gasteiger partial charge in [-0.25, -0.2) is 4.39 Å². The van der Waals surface area contributed by atoms with E-state index in [-0.39, 0.29) is 23.8 Å². The van der Waals surface area contributed by atoms with Gasteiger partial charge in [-0.15, -0.1) is 0 Å². The average molecular weight is 234 g/mol. The molecule has 0 aromatic heterocycles. The van der Waals surface area contributed by atoms with Crippen LogP contribution in [-0.2, 0) is 11.2 Å². The highest BCUT2D eigenvalue weighted by atomic mass is 19.1. The van der Waals surface area contributed by atoms with Crippen molar-refractivity contribution >= 4 is 5.91 Å². The van der Waals surface area contributed by atoms with E-state index in [4.69, 9.17) is 5.73 Å². The lowest BCUT2D eigenvalue weighted by atomic mass is 9.84. The average Bonchev–Trinajstić information content (AvgIpc) is 2.33. The molecule has 0 radical (unpaired) electrons. The van der Waals surface area contributed by atoms with Crippen LogP contribution in [0.4, 0.5) is 4.39 Å². The van der Waals surface area contributed by atoms with Crippen LogP contribution in [-0.4, -0.2) is 23.4 Å². The van der Waals surface area contributed by atoms with Crippen molar-refractivity contribution in [3.8, 4) is 0 Å². The fourth-order valence-electron chi connectivity index (χ4n) is 2.99. The van der Waals surface area contributed by atoms with Gasteiger partial charge in [0.25, 0.3) is 0 Å². The van der Waals surface area contributed by atoms with Crippen LogP contribution in [0.5, 0.6) is 0 Å². The summed E-state index contributed by atoms with van der Waals surface area (Å²) in [5.41, 5.74) is 7.74. The molecule has 1 fully saturated rings. The molecule has 2 unspecified atom stereocenters. The summed E-state index contributed by atoms with van der Waals surface area (Å²) in [6.45, 7) is 0.588. The Labute approximate surface area is 99.4 Å². The fourth-order valence-corrected chi connectivity index (χ4v) is 2.99. The molecule has 2 atom stereocenters. The van der Waals surface area contributed by atoms with Gasteiger partial charge in [-0.2, -0.15) is 0 Å². The van der Waals surface area contributed by atoms with Gasteiger partial charge in [0.2, 0.25) is 5.91 Å². The van der Waals surface area contributed by atoms with Gasteiger partial charge in [0.1, 0.15) is 5.82 Å². The van der Waals surface area contributed by atoms with Gasteiger partial charge in [0.05, 0.1) is 6.04 Å². The number of halogens is 1. The quantitative estimate of drug-likeness (QED) is 0.737. The normalized spacial score (nSPS) is 27.6. The Balaban J connectivity index is 2.09. The minimum absolute atomic E-state index is 0.0754. The van der Waals surface area contributed by atoms with Gasteiger partial charge in [0, 0.05) is 19.0 Å². The van der Waals surface area contributed by atoms with E-state index in [2.05, 4.69) is 0 Å². The van der Waals surface area contributed by atoms with Crippen LogP contribution >= 0.6 is 0 Å². The molecule has 4 heteroatoms. The standard InChI is InChI=1S/C13H15FN2O/c14-10-3-1-2-9-8(10)6-7-16-12(17)5-4-11(15)13(9)16/h1-3,11,13H,4-7,15H2. The van der Waals surface area contributed by atoms with Gasteiger partial charge >= 0.3 is 0 Å². The van der Waals surface area contributed by atoms with Crippen LogP contribution in [0.25, 0.3) is 0 Å². The zero-order chi connectivity index (χ0) is 12.0. The molecule has 1 amide bonds. The van der Waals surface area contributed by atoms with E-state index in [9.17, 15) is 9.18 Å². The number of carbonyl (C=O) groups excluding carboxylic acids is 1. The molecular weight excluding hydrogens is 219 g/mol. The molecule has 2 N–H and O–H groups in total. The predicted octanol–water partition coefficient (Wildman–Crippen LogP) is 1.37. The molecule has 2 aliphatic rings. The second-order valence-electron chi connectivity index (χ2n) is 4.79. The number of benzene rings is 1. The minimum Gasteiger partial charge on any atom is -0.334 e. The number of hydrogen-bond acceptors (Lipinski definition) is 2. The smallest absolute Gasteiger partial charge is 0.223 e. The largest absolute Gasteiger partial charge is 0.334 e. The first-order valence-corrected chi connectivity index (χ1v) is 6.01. The first-order valence-electron chi connectivity index (χ1n) is 6.01. The molecule has 3 rings (SSSR count). The first-order chi connectivity index (χ1) is 8.18. The Bertz CT molecular complexity index is 474. The van der Waals surface area contributed by atoms with Gasteiger partial charge in [-0.05, 0) is 30.0 Å². The second kappa shape index (κ2) is 3.81. The Morgan fingerprint density at radius 1 is 1.35 bits per heavy atom. The van der Waals surface area contributed by atoms with Crippen molar-refractivity contribution in [2.75, 3.05) is 6.54 Å². The Kier molecular flexibility index (Phi) is 2.40. The van der Waals surface area contributed by atoms with Crippen LogP contribution < -0.4 is 5.73 Å². The summed E-state index contributed by atoms with van der Waals surface area (Å²) < 4.78 is 13.7. The van der Waals surface area contributed by atoms with E-state index in [0.717, 1.165) is 11.1 Å². The van der Waals surface area contributed by atoms with E-state index in [1.807, 2.05) is 11.0 Å². The Morgan fingerprint density at radius 3 is 3.00 bits per heavy atom. The lowest BCUT2D eigenvalue weighted by Gasteiger charge is -2.43. The Hall–Kier alpha value is -1.42. The molecular formula is C13H15FN2O. The van der Waals surface area contributed by atoms with Crippen molar-refractivity contribution in [1.29, 1.82) is 0 Å². The number of fused-ring (bicyclic) bond motifs is 3. The van der Waals surface area contributed by atoms with Crippen molar-refractivity contribution in [3.05, 3.63) is 35.1 Å². The molecule has 2 aliphatic heterocycles. The SMILES string of the molecule is NC1CCC(=O)N2CCc3c(F)cccc3C12. The summed E-state index contributed by atoms with van der Waals surface area (Å²) in [6.07, 6.45) is 1.80. The summed E-state index contributed by atoms with van der Waals surface area (Å²) in [6, 6.07) is 4.87. The highest BCUT2D eigenvalue weighted by molar-refractivity contribution is 5.78. The zero-order valence-corrected chi connectivity index (χ0v) is 9.53. The monoisotopic (exact) mass is 234 g/mol. The van der Waals surface area contributed by atoms with Crippen molar-refractivity contribution in [2.45, 2.75) is 31.3 Å². The Morgan fingerprint density at radius 2 is 2.18 bits per heavy atom. The number of nitrogens with two attached hydrogens (primary N) is 1. The molecule has 17 heavy (non-hydrogen) atoms. The lowest BCUT2D eigenvalue weighted by molar-refractivity contribution is -0.137. The van der Waals surface area contributed by atoms with Crippen molar-refractivity contribution in [2.24, 2.45) is 5.73 Å². The van der Waals surface area contributed by atoms with E-state index < -0.39 is 0 Å². The third-order valence-corrected chi connectivity index (χ3v) is 3.83. The lowest BCUT2D eigenvalue weighted by Crippen LogP contribution is -2.51. The minimum atomic E-state index is -0.174. The predicted molar refractivity (Wildman–Crippen MR) is 61.8 cm³/mol. The molecule has 2 heterocycles. The fraction of sp³-hybridized carbons (Fsp3) is 0.462. The van der Waals surface area contributed by atoms with Crippen molar-refractivity contribution in [1.82, 2.24) is 4.90 Å². The number of rotatable bonds is 0. The van der Waals surface area contributed by atoms with Crippen LogP contribution in [0.15, 0.2) is 18.2 Å². The molecule has 0 aliphatic carbocycles. The maximum atomic E-state index is 13.7. The molecule has 0 saturated carbocycles. The maximum Gasteiger partial charge on any atom is 0.223 e. The number of nitrogens with zero attached hydrogens (tertiary/aromatic N) is 1. The van der Waals surface area contributed by atoms with Gasteiger partial charge < -0.3 is 10.6 Å². The number of amides is 1. The van der Waals surface area contributed by atoms with Gasteiger partial charge in [0.15, 0.2) is 0 Å². The van der Waals surface area contributed by atoms with Crippen LogP contribution in [0.2, 0.25) is 0 Å². The first kappa shape index (κ1) is 10.7. The summed E-state index contributed by atoms with van der Waals surface area (Å²) in [5.74, 6) is -0.0287. The topological polar surface area (TPSA) is 46.3 Å². The number of hydrogen-bond donors (Lipinski definition) is 1. The second-order valence-corrected chi connectivity index (χ2v) is 4.79. The molecule has 1 aromatic carbocycles. The van der Waals surface area contributed by atoms with Crippen molar-refractivity contribution < 1.29 is 9.18 Å². The molecule has 0 spiro atoms. The van der Waals surface area contributed by atoms with Crippen LogP contribution in [0.1, 0.15) is 30.0 Å². The highest BCUT2D eigenvalue weighted by Crippen LogP contribution is 2.37. The van der Waals surface area contributed by atoms with E-state index in [1.165, 1.54) is 6.07 Å². The summed E-state index contributed by atoms with van der Waals surface area (Å²) in [7, 11) is 0. The summed E-state index contributed by atoms with van der Waals surface area (Å²) in [4.78, 5) is 13.7. The third kappa shape index (κ3) is 1.55. The molecule has 1 saturated heterocycles. The van der Waals surface area contributed by atoms with E-state index in [0.29, 0.717) is 25.8 Å². The van der Waals surface area contributed by atoms with Crippen LogP contribution in [0, 0.1) is 5.82 Å². The molecule has 90 valence electrons. The summed E-state index contributed by atoms with van der Waals surface area (Å²) in [5, 5.41) is 0. The van der Waals surface area contributed by atoms with Crippen LogP contribution in [0.3, 0.4) is 0 Å². The zero-order valence-electron chi connectivity index (χ0n) is 9.53. The molecule has 3 nitrogen and oxygen atoms in total. The van der Waals surface area contributed by atoms with Gasteiger partial charge in [-0.3, -0.25) is 4.79 Å². The molecule has 1 aromatic rings. The highest BCUT2D eigenvalue weighted by Gasteiger charge is 2.38. The van der Waals surface area contributed by atoms with Gasteiger partial charge in [-0.1, -0.05) is 12.1 Å². The van der Waals surface area contributed by atoms with Crippen molar-refractivity contribution in [3.63, 3.8) is 0 Å². The van der Waals surface area contributed by atoms with E-state index in [1.54, 1.807) is 6.07 Å². The number of piperidine rings is 1. The van der Waals surface area contributed by atoms with E-state index >= 15 is 0 Å². The molecule has 0 bridgehead atoms. The summed E-state index contributed by atoms with van der Waals surface area (Å²) >= 11 is 0. The maximum absolute atomic E-state index is 13.7. The number of carbonyl (C=O) groups is 1.